The molecule has 1 saturated heterocycles. The van der Waals surface area contributed by atoms with Crippen molar-refractivity contribution in [3.63, 3.8) is 0 Å². The van der Waals surface area contributed by atoms with Gasteiger partial charge < -0.3 is 9.84 Å². The van der Waals surface area contributed by atoms with E-state index in [0.717, 1.165) is 0 Å². The molecule has 6 heteroatoms. The number of nitrogens with zero attached hydrogens (tertiary/aromatic N) is 1. The van der Waals surface area contributed by atoms with Crippen LogP contribution in [0.25, 0.3) is 0 Å². The molecule has 0 saturated carbocycles. The van der Waals surface area contributed by atoms with Gasteiger partial charge in [-0.2, -0.15) is 0 Å². The highest BCUT2D eigenvalue weighted by molar-refractivity contribution is 5.73. The third-order valence-electron chi connectivity index (χ3n) is 3.23. The van der Waals surface area contributed by atoms with E-state index in [-0.39, 0.29) is 12.1 Å². The van der Waals surface area contributed by atoms with E-state index in [4.69, 9.17) is 4.74 Å². The summed E-state index contributed by atoms with van der Waals surface area (Å²) in [4.78, 5) is 21.4. The maximum atomic E-state index is 11.3. The molecule has 6 nitrogen and oxygen atoms in total. The summed E-state index contributed by atoms with van der Waals surface area (Å²) < 4.78 is 5.00. The van der Waals surface area contributed by atoms with Gasteiger partial charge in [-0.15, -0.1) is 0 Å². The van der Waals surface area contributed by atoms with Crippen LogP contribution >= 0.6 is 0 Å². The third-order valence-corrected chi connectivity index (χ3v) is 3.23. The lowest BCUT2D eigenvalue weighted by molar-refractivity contribution is -0.384. The Balaban J connectivity index is 2.42. The van der Waals surface area contributed by atoms with E-state index in [9.17, 15) is 20.0 Å². The van der Waals surface area contributed by atoms with Crippen molar-refractivity contribution in [2.45, 2.75) is 26.1 Å². The van der Waals surface area contributed by atoms with Crippen LogP contribution in [0.1, 0.15) is 25.8 Å². The second-order valence-electron chi connectivity index (χ2n) is 4.98. The SMILES string of the molecule is CC1(C)CC(=O)OC1(O)c1ccc([N+](=O)[O-])cc1. The molecule has 0 spiro atoms. The highest BCUT2D eigenvalue weighted by atomic mass is 16.7. The Kier molecular flexibility index (Phi) is 2.62. The number of hydrogen-bond acceptors (Lipinski definition) is 5. The molecular weight excluding hydrogens is 238 g/mol. The molecule has 1 N–H and O–H groups in total. The van der Waals surface area contributed by atoms with Crippen LogP contribution < -0.4 is 0 Å². The second kappa shape index (κ2) is 3.78. The maximum absolute atomic E-state index is 11.3. The molecule has 1 aromatic carbocycles. The van der Waals surface area contributed by atoms with Crippen molar-refractivity contribution < 1.29 is 19.6 Å². The summed E-state index contributed by atoms with van der Waals surface area (Å²) in [5.74, 6) is -2.22. The number of nitro groups is 1. The van der Waals surface area contributed by atoms with Crippen molar-refractivity contribution in [2.75, 3.05) is 0 Å². The minimum atomic E-state index is -1.74. The van der Waals surface area contributed by atoms with Crippen molar-refractivity contribution in [3.05, 3.63) is 39.9 Å². The summed E-state index contributed by atoms with van der Waals surface area (Å²) in [6, 6.07) is 5.35. The van der Waals surface area contributed by atoms with Crippen molar-refractivity contribution in [2.24, 2.45) is 5.41 Å². The monoisotopic (exact) mass is 251 g/mol. The van der Waals surface area contributed by atoms with Crippen molar-refractivity contribution in [3.8, 4) is 0 Å². The van der Waals surface area contributed by atoms with Gasteiger partial charge in [-0.1, -0.05) is 13.8 Å². The molecule has 0 aromatic heterocycles. The van der Waals surface area contributed by atoms with Crippen LogP contribution in [0.3, 0.4) is 0 Å². The van der Waals surface area contributed by atoms with Gasteiger partial charge in [0.15, 0.2) is 0 Å². The highest BCUT2D eigenvalue weighted by Crippen LogP contribution is 2.48. The first-order chi connectivity index (χ1) is 8.26. The molecule has 2 rings (SSSR count). The van der Waals surface area contributed by atoms with Crippen LogP contribution in [0.15, 0.2) is 24.3 Å². The molecule has 1 unspecified atom stereocenters. The number of carbonyl (C=O) groups is 1. The van der Waals surface area contributed by atoms with Crippen LogP contribution in [-0.4, -0.2) is 16.0 Å². The molecule has 96 valence electrons. The van der Waals surface area contributed by atoms with Gasteiger partial charge in [0.1, 0.15) is 0 Å². The number of hydrogen-bond donors (Lipinski definition) is 1. The van der Waals surface area contributed by atoms with Gasteiger partial charge in [0, 0.05) is 23.1 Å². The molecule has 1 heterocycles. The topological polar surface area (TPSA) is 89.7 Å². The predicted molar refractivity (Wildman–Crippen MR) is 61.5 cm³/mol. The Bertz CT molecular complexity index is 508. The number of aliphatic hydroxyl groups is 1. The van der Waals surface area contributed by atoms with Gasteiger partial charge in [-0.25, -0.2) is 0 Å². The number of carbonyl (C=O) groups excluding carboxylic acids is 1. The molecule has 0 bridgehead atoms. The molecule has 1 fully saturated rings. The van der Waals surface area contributed by atoms with Gasteiger partial charge in [-0.3, -0.25) is 14.9 Å². The van der Waals surface area contributed by atoms with Crippen molar-refractivity contribution >= 4 is 11.7 Å². The van der Waals surface area contributed by atoms with E-state index in [0.29, 0.717) is 5.56 Å². The third kappa shape index (κ3) is 1.74. The average Bonchev–Trinajstić information content (AvgIpc) is 2.48. The highest BCUT2D eigenvalue weighted by Gasteiger charge is 2.55. The van der Waals surface area contributed by atoms with Gasteiger partial charge in [0.2, 0.25) is 5.79 Å². The zero-order valence-corrected chi connectivity index (χ0v) is 10.0. The molecule has 1 aliphatic heterocycles. The Morgan fingerprint density at radius 3 is 2.28 bits per heavy atom. The number of ether oxygens (including phenoxy) is 1. The van der Waals surface area contributed by atoms with Gasteiger partial charge in [0.05, 0.1) is 11.3 Å². The zero-order chi connectivity index (χ0) is 13.6. The van der Waals surface area contributed by atoms with E-state index in [1.54, 1.807) is 13.8 Å². The Hall–Kier alpha value is -1.95. The molecule has 1 atom stereocenters. The number of rotatable bonds is 2. The minimum absolute atomic E-state index is 0.0792. The number of cyclic esters (lactones) is 1. The van der Waals surface area contributed by atoms with E-state index < -0.39 is 22.1 Å². The molecule has 1 aromatic rings. The van der Waals surface area contributed by atoms with Crippen LogP contribution in [-0.2, 0) is 15.3 Å². The lowest BCUT2D eigenvalue weighted by atomic mass is 9.79. The van der Waals surface area contributed by atoms with Gasteiger partial charge in [-0.05, 0) is 12.1 Å². The molecular formula is C12H13NO5. The van der Waals surface area contributed by atoms with Crippen LogP contribution in [0.5, 0.6) is 0 Å². The fourth-order valence-electron chi connectivity index (χ4n) is 2.08. The van der Waals surface area contributed by atoms with E-state index in [1.807, 2.05) is 0 Å². The summed E-state index contributed by atoms with van der Waals surface area (Å²) in [7, 11) is 0. The Morgan fingerprint density at radius 1 is 1.33 bits per heavy atom. The average molecular weight is 251 g/mol. The first-order valence-electron chi connectivity index (χ1n) is 5.45. The van der Waals surface area contributed by atoms with Crippen molar-refractivity contribution in [1.82, 2.24) is 0 Å². The van der Waals surface area contributed by atoms with E-state index in [1.165, 1.54) is 24.3 Å². The summed E-state index contributed by atoms with van der Waals surface area (Å²) >= 11 is 0. The Morgan fingerprint density at radius 2 is 1.89 bits per heavy atom. The summed E-state index contributed by atoms with van der Waals surface area (Å²) in [6.45, 7) is 3.42. The van der Waals surface area contributed by atoms with Crippen LogP contribution in [0.4, 0.5) is 5.69 Å². The van der Waals surface area contributed by atoms with Crippen LogP contribution in [0.2, 0.25) is 0 Å². The Labute approximate surface area is 103 Å². The maximum Gasteiger partial charge on any atom is 0.309 e. The minimum Gasteiger partial charge on any atom is -0.428 e. The standard InChI is InChI=1S/C12H13NO5/c1-11(2)7-10(14)18-12(11,15)8-3-5-9(6-4-8)13(16)17/h3-6,15H,7H2,1-2H3. The first kappa shape index (κ1) is 12.5. The fourth-order valence-corrected chi connectivity index (χ4v) is 2.08. The zero-order valence-electron chi connectivity index (χ0n) is 10.0. The van der Waals surface area contributed by atoms with Crippen molar-refractivity contribution in [1.29, 1.82) is 0 Å². The summed E-state index contributed by atoms with van der Waals surface area (Å²) in [5, 5.41) is 21.0. The van der Waals surface area contributed by atoms with Gasteiger partial charge >= 0.3 is 5.97 Å². The molecule has 18 heavy (non-hydrogen) atoms. The molecule has 0 aliphatic carbocycles. The second-order valence-corrected chi connectivity index (χ2v) is 4.98. The van der Waals surface area contributed by atoms with E-state index >= 15 is 0 Å². The smallest absolute Gasteiger partial charge is 0.309 e. The molecule has 1 aliphatic rings. The fraction of sp³-hybridized carbons (Fsp3) is 0.417. The lowest BCUT2D eigenvalue weighted by Crippen LogP contribution is -2.38. The number of nitro benzene ring substituents is 1. The number of benzene rings is 1. The first-order valence-corrected chi connectivity index (χ1v) is 5.45. The largest absolute Gasteiger partial charge is 0.428 e. The quantitative estimate of drug-likeness (QED) is 0.491. The molecule has 0 radical (unpaired) electrons. The lowest BCUT2D eigenvalue weighted by Gasteiger charge is -2.33. The normalized spacial score (nSPS) is 25.8. The number of non-ortho nitro benzene ring substituents is 1. The number of esters is 1. The summed E-state index contributed by atoms with van der Waals surface area (Å²) in [5.41, 5.74) is -0.520. The van der Waals surface area contributed by atoms with Gasteiger partial charge in [0.25, 0.3) is 5.69 Å². The summed E-state index contributed by atoms with van der Waals surface area (Å²) in [6.07, 6.45) is 0.0977. The molecule has 0 amide bonds. The van der Waals surface area contributed by atoms with Crippen LogP contribution in [0, 0.1) is 15.5 Å². The predicted octanol–water partition coefficient (Wildman–Crippen LogP) is 1.71. The van der Waals surface area contributed by atoms with E-state index in [2.05, 4.69) is 0 Å².